The molecule has 0 spiro atoms. The number of pyridine rings is 1. The van der Waals surface area contributed by atoms with E-state index in [2.05, 4.69) is 17.2 Å². The molecule has 0 aliphatic heterocycles. The maximum atomic E-state index is 12.0. The van der Waals surface area contributed by atoms with Gasteiger partial charge in [0.25, 0.3) is 5.91 Å². The number of aromatic nitrogens is 1. The molecular formula is C12H15ClN2O. The molecule has 0 aromatic carbocycles. The van der Waals surface area contributed by atoms with E-state index in [1.165, 1.54) is 6.42 Å². The Kier molecular flexibility index (Phi) is 3.15. The summed E-state index contributed by atoms with van der Waals surface area (Å²) in [6, 6.07) is 3.28. The molecule has 1 aromatic heterocycles. The van der Waals surface area contributed by atoms with Crippen molar-refractivity contribution >= 4 is 17.5 Å². The summed E-state index contributed by atoms with van der Waals surface area (Å²) < 4.78 is 0. The fraction of sp³-hybridized carbons (Fsp3) is 0.500. The quantitative estimate of drug-likeness (QED) is 0.823. The van der Waals surface area contributed by atoms with Crippen LogP contribution in [0.15, 0.2) is 18.3 Å². The van der Waals surface area contributed by atoms with Gasteiger partial charge in [-0.15, -0.1) is 0 Å². The van der Waals surface area contributed by atoms with E-state index in [0.29, 0.717) is 10.7 Å². The highest BCUT2D eigenvalue weighted by molar-refractivity contribution is 6.29. The van der Waals surface area contributed by atoms with Gasteiger partial charge in [0.1, 0.15) is 5.15 Å². The molecule has 3 nitrogen and oxygen atoms in total. The van der Waals surface area contributed by atoms with Crippen molar-refractivity contribution in [2.75, 3.05) is 0 Å². The third-order valence-electron chi connectivity index (χ3n) is 3.35. The first-order valence-electron chi connectivity index (χ1n) is 5.59. The molecule has 2 rings (SSSR count). The van der Waals surface area contributed by atoms with Gasteiger partial charge in [0.15, 0.2) is 0 Å². The largest absolute Gasteiger partial charge is 0.347 e. The third-order valence-corrected chi connectivity index (χ3v) is 3.56. The highest BCUT2D eigenvalue weighted by Crippen LogP contribution is 2.34. The van der Waals surface area contributed by atoms with Gasteiger partial charge >= 0.3 is 0 Å². The second-order valence-electron chi connectivity index (χ2n) is 4.31. The molecule has 1 aromatic rings. The summed E-state index contributed by atoms with van der Waals surface area (Å²) in [6.45, 7) is 2.11. The molecule has 0 saturated heterocycles. The summed E-state index contributed by atoms with van der Waals surface area (Å²) in [5.41, 5.74) is 0.604. The van der Waals surface area contributed by atoms with Gasteiger partial charge in [0, 0.05) is 17.3 Å². The molecule has 0 atom stereocenters. The maximum absolute atomic E-state index is 12.0. The Morgan fingerprint density at radius 1 is 1.62 bits per heavy atom. The lowest BCUT2D eigenvalue weighted by molar-refractivity contribution is 0.0820. The summed E-state index contributed by atoms with van der Waals surface area (Å²) in [5, 5.41) is 3.45. The highest BCUT2D eigenvalue weighted by atomic mass is 35.5. The molecule has 0 unspecified atom stereocenters. The summed E-state index contributed by atoms with van der Waals surface area (Å²) in [7, 11) is 0. The van der Waals surface area contributed by atoms with Crippen LogP contribution in [0.5, 0.6) is 0 Å². The van der Waals surface area contributed by atoms with Crippen LogP contribution in [0.1, 0.15) is 43.0 Å². The van der Waals surface area contributed by atoms with E-state index >= 15 is 0 Å². The molecule has 1 aliphatic carbocycles. The van der Waals surface area contributed by atoms with E-state index in [1.807, 2.05) is 0 Å². The first kappa shape index (κ1) is 11.4. The Morgan fingerprint density at radius 3 is 2.88 bits per heavy atom. The van der Waals surface area contributed by atoms with Gasteiger partial charge < -0.3 is 5.32 Å². The fourth-order valence-electron chi connectivity index (χ4n) is 2.03. The average Bonchev–Trinajstić information content (AvgIpc) is 2.23. The average molecular weight is 239 g/mol. The molecule has 1 amide bonds. The number of nitrogens with one attached hydrogen (secondary N) is 1. The molecule has 4 heteroatoms. The van der Waals surface area contributed by atoms with E-state index in [0.717, 1.165) is 19.3 Å². The molecule has 1 fully saturated rings. The molecule has 1 aliphatic rings. The third kappa shape index (κ3) is 2.19. The van der Waals surface area contributed by atoms with Gasteiger partial charge in [-0.2, -0.15) is 0 Å². The van der Waals surface area contributed by atoms with Crippen molar-refractivity contribution in [3.8, 4) is 0 Å². The van der Waals surface area contributed by atoms with Crippen molar-refractivity contribution in [1.29, 1.82) is 0 Å². The van der Waals surface area contributed by atoms with Gasteiger partial charge in [0.2, 0.25) is 0 Å². The number of carbonyl (C=O) groups is 1. The normalized spacial score (nSPS) is 17.6. The van der Waals surface area contributed by atoms with E-state index in [4.69, 9.17) is 11.6 Å². The van der Waals surface area contributed by atoms with Crippen molar-refractivity contribution in [2.24, 2.45) is 0 Å². The topological polar surface area (TPSA) is 42.0 Å². The van der Waals surface area contributed by atoms with Crippen molar-refractivity contribution in [3.63, 3.8) is 0 Å². The summed E-state index contributed by atoms with van der Waals surface area (Å²) >= 11 is 5.75. The van der Waals surface area contributed by atoms with Gasteiger partial charge in [-0.3, -0.25) is 4.79 Å². The number of amides is 1. The summed E-state index contributed by atoms with van der Waals surface area (Å²) in [5.74, 6) is -0.0501. The van der Waals surface area contributed by atoms with Crippen LogP contribution in [-0.2, 0) is 0 Å². The van der Waals surface area contributed by atoms with E-state index < -0.39 is 0 Å². The lowest BCUT2D eigenvalue weighted by Crippen LogP contribution is -2.52. The maximum Gasteiger partial charge on any atom is 0.251 e. The van der Waals surface area contributed by atoms with Crippen LogP contribution in [0.4, 0.5) is 0 Å². The predicted molar refractivity (Wildman–Crippen MR) is 63.6 cm³/mol. The Labute approximate surface area is 100 Å². The smallest absolute Gasteiger partial charge is 0.251 e. The minimum atomic E-state index is -0.0501. The molecule has 1 saturated carbocycles. The molecule has 0 radical (unpaired) electrons. The van der Waals surface area contributed by atoms with Crippen LogP contribution in [0.2, 0.25) is 5.15 Å². The molecule has 16 heavy (non-hydrogen) atoms. The Hall–Kier alpha value is -1.09. The number of hydrogen-bond donors (Lipinski definition) is 1. The van der Waals surface area contributed by atoms with Crippen LogP contribution in [0.25, 0.3) is 0 Å². The lowest BCUT2D eigenvalue weighted by Gasteiger charge is -2.42. The Morgan fingerprint density at radius 2 is 2.38 bits per heavy atom. The molecule has 1 N–H and O–H groups in total. The van der Waals surface area contributed by atoms with Gasteiger partial charge in [-0.05, 0) is 37.8 Å². The molecule has 1 heterocycles. The second kappa shape index (κ2) is 4.42. The number of rotatable bonds is 3. The SMILES string of the molecule is CCC1(NC(=O)c2ccnc(Cl)c2)CCC1. The standard InChI is InChI=1S/C12H15ClN2O/c1-2-12(5-3-6-12)15-11(16)9-4-7-14-10(13)8-9/h4,7-8H,2-3,5-6H2,1H3,(H,15,16). The van der Waals surface area contributed by atoms with E-state index in [-0.39, 0.29) is 11.4 Å². The highest BCUT2D eigenvalue weighted by Gasteiger charge is 2.36. The summed E-state index contributed by atoms with van der Waals surface area (Å²) in [4.78, 5) is 15.8. The van der Waals surface area contributed by atoms with Crippen molar-refractivity contribution in [3.05, 3.63) is 29.0 Å². The van der Waals surface area contributed by atoms with Gasteiger partial charge in [-0.1, -0.05) is 18.5 Å². The predicted octanol–water partition coefficient (Wildman–Crippen LogP) is 2.80. The van der Waals surface area contributed by atoms with Crippen LogP contribution < -0.4 is 5.32 Å². The lowest BCUT2D eigenvalue weighted by atomic mass is 9.74. The van der Waals surface area contributed by atoms with Crippen LogP contribution in [0.3, 0.4) is 0 Å². The van der Waals surface area contributed by atoms with Crippen LogP contribution in [0, 0.1) is 0 Å². The monoisotopic (exact) mass is 238 g/mol. The molecular weight excluding hydrogens is 224 g/mol. The van der Waals surface area contributed by atoms with Gasteiger partial charge in [-0.25, -0.2) is 4.98 Å². The number of nitrogens with zero attached hydrogens (tertiary/aromatic N) is 1. The fourth-order valence-corrected chi connectivity index (χ4v) is 2.20. The van der Waals surface area contributed by atoms with E-state index in [9.17, 15) is 4.79 Å². The van der Waals surface area contributed by atoms with Crippen molar-refractivity contribution < 1.29 is 4.79 Å². The van der Waals surface area contributed by atoms with Gasteiger partial charge in [0.05, 0.1) is 0 Å². The first-order valence-corrected chi connectivity index (χ1v) is 5.97. The zero-order valence-electron chi connectivity index (χ0n) is 9.29. The van der Waals surface area contributed by atoms with E-state index in [1.54, 1.807) is 18.3 Å². The number of carbonyl (C=O) groups excluding carboxylic acids is 1. The minimum absolute atomic E-state index is 0.0207. The molecule has 86 valence electrons. The second-order valence-corrected chi connectivity index (χ2v) is 4.70. The first-order chi connectivity index (χ1) is 7.65. The summed E-state index contributed by atoms with van der Waals surface area (Å²) in [6.07, 6.45) is 5.89. The zero-order chi connectivity index (χ0) is 11.6. The zero-order valence-corrected chi connectivity index (χ0v) is 10.0. The number of halogens is 1. The van der Waals surface area contributed by atoms with Crippen molar-refractivity contribution in [1.82, 2.24) is 10.3 Å². The minimum Gasteiger partial charge on any atom is -0.347 e. The van der Waals surface area contributed by atoms with Crippen molar-refractivity contribution in [2.45, 2.75) is 38.1 Å². The molecule has 0 bridgehead atoms. The van der Waals surface area contributed by atoms with Crippen LogP contribution in [-0.4, -0.2) is 16.4 Å². The van der Waals surface area contributed by atoms with Crippen LogP contribution >= 0.6 is 11.6 Å². The Bertz CT molecular complexity index is 396. The number of hydrogen-bond acceptors (Lipinski definition) is 2. The Balaban J connectivity index is 2.08.